The maximum Gasteiger partial charge on any atom is 0.414 e. The molecular formula is C28H35N5O6. The molecule has 2 amide bonds. The Morgan fingerprint density at radius 2 is 1.74 bits per heavy atom. The molecule has 4 rings (SSSR count). The largest absolute Gasteiger partial charge is 0.465 e. The third-order valence-corrected chi connectivity index (χ3v) is 6.83. The first-order valence-electron chi connectivity index (χ1n) is 13.1. The van der Waals surface area contributed by atoms with Gasteiger partial charge in [0.2, 0.25) is 0 Å². The molecule has 39 heavy (non-hydrogen) atoms. The smallest absolute Gasteiger partial charge is 0.414 e. The van der Waals surface area contributed by atoms with Gasteiger partial charge in [-0.25, -0.2) is 9.59 Å². The monoisotopic (exact) mass is 537 g/mol. The van der Waals surface area contributed by atoms with Crippen LogP contribution < -0.4 is 10.2 Å². The molecule has 2 heterocycles. The zero-order valence-electron chi connectivity index (χ0n) is 22.3. The number of ether oxygens (including phenoxy) is 3. The van der Waals surface area contributed by atoms with Crippen LogP contribution in [0, 0.1) is 5.41 Å². The molecule has 2 aliphatic heterocycles. The molecule has 11 heteroatoms. The van der Waals surface area contributed by atoms with Crippen LogP contribution in [0.1, 0.15) is 25.0 Å². The third-order valence-electron chi connectivity index (χ3n) is 6.83. The van der Waals surface area contributed by atoms with Crippen LogP contribution in [0.4, 0.5) is 15.3 Å². The molecule has 2 unspecified atom stereocenters. The molecule has 0 bridgehead atoms. The van der Waals surface area contributed by atoms with Crippen molar-refractivity contribution in [1.29, 1.82) is 5.41 Å². The summed E-state index contributed by atoms with van der Waals surface area (Å²) < 4.78 is 15.9. The van der Waals surface area contributed by atoms with Crippen molar-refractivity contribution in [3.63, 3.8) is 0 Å². The quantitative estimate of drug-likeness (QED) is 0.217. The molecule has 2 aromatic rings. The normalized spacial score (nSPS) is 18.8. The van der Waals surface area contributed by atoms with Gasteiger partial charge in [-0.1, -0.05) is 30.3 Å². The highest BCUT2D eigenvalue weighted by Crippen LogP contribution is 2.23. The van der Waals surface area contributed by atoms with Crippen molar-refractivity contribution in [3.8, 4) is 0 Å². The van der Waals surface area contributed by atoms with Crippen LogP contribution in [0.15, 0.2) is 54.6 Å². The number of hydrogen-bond donors (Lipinski definition) is 2. The van der Waals surface area contributed by atoms with E-state index in [0.717, 1.165) is 31.7 Å². The molecule has 2 fully saturated rings. The molecule has 2 atom stereocenters. The first kappa shape index (κ1) is 28.1. The maximum absolute atomic E-state index is 12.6. The second-order valence-electron chi connectivity index (χ2n) is 9.49. The van der Waals surface area contributed by atoms with E-state index in [1.807, 2.05) is 37.3 Å². The van der Waals surface area contributed by atoms with Crippen molar-refractivity contribution < 1.29 is 28.6 Å². The Hall–Kier alpha value is -3.96. The minimum atomic E-state index is -0.713. The lowest BCUT2D eigenvalue weighted by molar-refractivity contribution is -0.149. The Morgan fingerprint density at radius 1 is 1.05 bits per heavy atom. The van der Waals surface area contributed by atoms with Gasteiger partial charge in [-0.05, 0) is 43.7 Å². The number of esters is 1. The van der Waals surface area contributed by atoms with Gasteiger partial charge in [-0.15, -0.1) is 0 Å². The van der Waals surface area contributed by atoms with Crippen LogP contribution in [-0.4, -0.2) is 91.8 Å². The van der Waals surface area contributed by atoms with Gasteiger partial charge < -0.3 is 14.2 Å². The van der Waals surface area contributed by atoms with Gasteiger partial charge in [0.25, 0.3) is 0 Å². The number of hydrogen-bond acceptors (Lipinski definition) is 9. The molecule has 0 aliphatic carbocycles. The first-order valence-corrected chi connectivity index (χ1v) is 13.1. The highest BCUT2D eigenvalue weighted by Gasteiger charge is 2.35. The average molecular weight is 538 g/mol. The Morgan fingerprint density at radius 3 is 2.41 bits per heavy atom. The first-order chi connectivity index (χ1) is 18.8. The summed E-state index contributed by atoms with van der Waals surface area (Å²) in [6, 6.07) is 15.8. The SMILES string of the molecule is CCOC(=O)C(C)N1CCN(CC2CN(c3ccc(C(=N)NC(=O)OCc4ccccc4)cc3)C(=O)O2)CC1. The second-order valence-corrected chi connectivity index (χ2v) is 9.49. The highest BCUT2D eigenvalue weighted by atomic mass is 16.6. The number of alkyl carbamates (subject to hydrolysis) is 1. The minimum absolute atomic E-state index is 0.0992. The van der Waals surface area contributed by atoms with Crippen LogP contribution in [0.25, 0.3) is 0 Å². The molecule has 0 saturated carbocycles. The van der Waals surface area contributed by atoms with Crippen LogP contribution in [-0.2, 0) is 25.6 Å². The lowest BCUT2D eigenvalue weighted by Gasteiger charge is -2.37. The van der Waals surface area contributed by atoms with E-state index in [1.165, 1.54) is 0 Å². The lowest BCUT2D eigenvalue weighted by Crippen LogP contribution is -2.53. The average Bonchev–Trinajstić information content (AvgIpc) is 3.32. The minimum Gasteiger partial charge on any atom is -0.465 e. The number of carbonyl (C=O) groups excluding carboxylic acids is 3. The lowest BCUT2D eigenvalue weighted by atomic mass is 10.1. The van der Waals surface area contributed by atoms with E-state index in [-0.39, 0.29) is 30.6 Å². The molecule has 2 aliphatic rings. The highest BCUT2D eigenvalue weighted by molar-refractivity contribution is 6.04. The van der Waals surface area contributed by atoms with Gasteiger partial charge in [0, 0.05) is 44.0 Å². The number of amides is 2. The zero-order chi connectivity index (χ0) is 27.8. The predicted molar refractivity (Wildman–Crippen MR) is 145 cm³/mol. The van der Waals surface area contributed by atoms with Crippen LogP contribution in [0.5, 0.6) is 0 Å². The third kappa shape index (κ3) is 7.55. The van der Waals surface area contributed by atoms with E-state index < -0.39 is 12.2 Å². The van der Waals surface area contributed by atoms with Gasteiger partial charge in [-0.3, -0.25) is 30.2 Å². The number of cyclic esters (lactones) is 1. The summed E-state index contributed by atoms with van der Waals surface area (Å²) in [5.74, 6) is -0.302. The van der Waals surface area contributed by atoms with Crippen molar-refractivity contribution in [2.24, 2.45) is 0 Å². The fraction of sp³-hybridized carbons (Fsp3) is 0.429. The predicted octanol–water partition coefficient (Wildman–Crippen LogP) is 2.83. The number of rotatable bonds is 9. The molecule has 0 spiro atoms. The second kappa shape index (κ2) is 13.2. The Balaban J connectivity index is 1.22. The molecule has 11 nitrogen and oxygen atoms in total. The Labute approximate surface area is 228 Å². The van der Waals surface area contributed by atoms with E-state index >= 15 is 0 Å². The molecule has 2 saturated heterocycles. The van der Waals surface area contributed by atoms with E-state index in [9.17, 15) is 14.4 Å². The van der Waals surface area contributed by atoms with Crippen LogP contribution >= 0.6 is 0 Å². The fourth-order valence-corrected chi connectivity index (χ4v) is 4.60. The van der Waals surface area contributed by atoms with E-state index in [0.29, 0.717) is 30.9 Å². The number of benzene rings is 2. The molecule has 208 valence electrons. The summed E-state index contributed by atoms with van der Waals surface area (Å²) in [4.78, 5) is 42.6. The summed E-state index contributed by atoms with van der Waals surface area (Å²) >= 11 is 0. The molecule has 0 aromatic heterocycles. The number of nitrogens with zero attached hydrogens (tertiary/aromatic N) is 3. The molecule has 2 aromatic carbocycles. The molecule has 2 N–H and O–H groups in total. The van der Waals surface area contributed by atoms with Gasteiger partial charge in [0.15, 0.2) is 0 Å². The van der Waals surface area contributed by atoms with Crippen molar-refractivity contribution in [1.82, 2.24) is 15.1 Å². The summed E-state index contributed by atoms with van der Waals surface area (Å²) in [7, 11) is 0. The van der Waals surface area contributed by atoms with Crippen molar-refractivity contribution in [3.05, 3.63) is 65.7 Å². The van der Waals surface area contributed by atoms with Crippen LogP contribution in [0.2, 0.25) is 0 Å². The van der Waals surface area contributed by atoms with E-state index in [1.54, 1.807) is 36.1 Å². The summed E-state index contributed by atoms with van der Waals surface area (Å²) in [6.45, 7) is 8.21. The fourth-order valence-electron chi connectivity index (χ4n) is 4.60. The van der Waals surface area contributed by atoms with Gasteiger partial charge in [-0.2, -0.15) is 0 Å². The number of amidine groups is 1. The zero-order valence-corrected chi connectivity index (χ0v) is 22.3. The Kier molecular flexibility index (Phi) is 9.50. The van der Waals surface area contributed by atoms with Crippen molar-refractivity contribution in [2.45, 2.75) is 32.6 Å². The number of carbonyl (C=O) groups is 3. The van der Waals surface area contributed by atoms with E-state index in [2.05, 4.69) is 15.1 Å². The molecule has 0 radical (unpaired) electrons. The summed E-state index contributed by atoms with van der Waals surface area (Å²) in [6.07, 6.45) is -1.40. The van der Waals surface area contributed by atoms with E-state index in [4.69, 9.17) is 19.6 Å². The number of piperazine rings is 1. The number of nitrogens with one attached hydrogen (secondary N) is 2. The molecular weight excluding hydrogens is 502 g/mol. The van der Waals surface area contributed by atoms with Gasteiger partial charge >= 0.3 is 18.2 Å². The summed E-state index contributed by atoms with van der Waals surface area (Å²) in [5.41, 5.74) is 1.98. The van der Waals surface area contributed by atoms with Gasteiger partial charge in [0.05, 0.1) is 13.2 Å². The standard InChI is InChI=1S/C28H35N5O6/c1-3-37-26(34)20(2)32-15-13-31(14-16-32)17-24-18-33(28(36)39-24)23-11-9-22(10-12-23)25(29)30-27(35)38-19-21-7-5-4-6-8-21/h4-12,20,24H,3,13-19H2,1-2H3,(H2,29,30,35). The van der Waals surface area contributed by atoms with Gasteiger partial charge in [0.1, 0.15) is 24.6 Å². The van der Waals surface area contributed by atoms with Crippen LogP contribution in [0.3, 0.4) is 0 Å². The Bertz CT molecular complexity index is 1150. The maximum atomic E-state index is 12.6. The van der Waals surface area contributed by atoms with Crippen molar-refractivity contribution >= 4 is 29.7 Å². The number of anilines is 1. The topological polar surface area (TPSA) is 125 Å². The van der Waals surface area contributed by atoms with Crippen molar-refractivity contribution in [2.75, 3.05) is 50.8 Å². The summed E-state index contributed by atoms with van der Waals surface area (Å²) in [5, 5.41) is 10.6.